The zero-order chi connectivity index (χ0) is 23.0. The number of benzene rings is 1. The van der Waals surface area contributed by atoms with E-state index in [1.165, 1.54) is 6.07 Å². The van der Waals surface area contributed by atoms with E-state index in [0.717, 1.165) is 37.1 Å². The highest BCUT2D eigenvalue weighted by Crippen LogP contribution is 2.33. The first-order chi connectivity index (χ1) is 15.1. The number of aromatic nitrogens is 4. The zero-order valence-electron chi connectivity index (χ0n) is 18.7. The van der Waals surface area contributed by atoms with Crippen LogP contribution in [0.15, 0.2) is 22.7 Å². The van der Waals surface area contributed by atoms with Gasteiger partial charge in [0.2, 0.25) is 5.89 Å². The number of aryl methyl sites for hydroxylation is 1. The van der Waals surface area contributed by atoms with E-state index < -0.39 is 23.1 Å². The van der Waals surface area contributed by atoms with Crippen LogP contribution >= 0.6 is 0 Å². The molecule has 0 radical (unpaired) electrons. The Morgan fingerprint density at radius 2 is 1.94 bits per heavy atom. The van der Waals surface area contributed by atoms with Gasteiger partial charge in [-0.05, 0) is 49.8 Å². The van der Waals surface area contributed by atoms with Crippen LogP contribution in [0.5, 0.6) is 0 Å². The molecule has 3 heterocycles. The molecule has 2 aromatic heterocycles. The predicted molar refractivity (Wildman–Crippen MR) is 114 cm³/mol. The lowest BCUT2D eigenvalue weighted by Crippen LogP contribution is -2.37. The van der Waals surface area contributed by atoms with E-state index in [1.807, 2.05) is 25.3 Å². The largest absolute Gasteiger partial charge is 0.338 e. The number of imidazole rings is 1. The van der Waals surface area contributed by atoms with Gasteiger partial charge in [-0.3, -0.25) is 4.79 Å². The van der Waals surface area contributed by atoms with Crippen LogP contribution in [0, 0.1) is 24.0 Å². The van der Waals surface area contributed by atoms with E-state index in [4.69, 9.17) is 4.52 Å². The van der Waals surface area contributed by atoms with E-state index in [2.05, 4.69) is 20.4 Å². The number of rotatable bonds is 4. The molecule has 0 fully saturated rings. The van der Waals surface area contributed by atoms with E-state index in [9.17, 15) is 13.6 Å². The van der Waals surface area contributed by atoms with Gasteiger partial charge in [-0.1, -0.05) is 32.3 Å². The molecule has 1 atom stereocenters. The topological polar surface area (TPSA) is 85.8 Å². The molecule has 3 aromatic rings. The second-order valence-corrected chi connectivity index (χ2v) is 9.27. The monoisotopic (exact) mass is 443 g/mol. The van der Waals surface area contributed by atoms with Crippen LogP contribution in [-0.2, 0) is 13.0 Å². The maximum atomic E-state index is 13.9. The fourth-order valence-corrected chi connectivity index (χ4v) is 4.04. The number of nitrogens with one attached hydrogen (secondary N) is 1. The summed E-state index contributed by atoms with van der Waals surface area (Å²) in [5.74, 6) is -0.946. The van der Waals surface area contributed by atoms with E-state index in [0.29, 0.717) is 36.1 Å². The highest BCUT2D eigenvalue weighted by Gasteiger charge is 2.34. The van der Waals surface area contributed by atoms with Crippen molar-refractivity contribution in [3.8, 4) is 11.4 Å². The van der Waals surface area contributed by atoms with Crippen molar-refractivity contribution in [3.05, 3.63) is 52.9 Å². The minimum atomic E-state index is -0.945. The van der Waals surface area contributed by atoms with Gasteiger partial charge in [-0.15, -0.1) is 0 Å². The van der Waals surface area contributed by atoms with Gasteiger partial charge in [0.1, 0.15) is 17.6 Å². The second-order valence-electron chi connectivity index (χ2n) is 9.27. The normalized spacial score (nSPS) is 15.2. The first-order valence-corrected chi connectivity index (χ1v) is 10.8. The summed E-state index contributed by atoms with van der Waals surface area (Å²) in [6, 6.07) is 3.17. The van der Waals surface area contributed by atoms with Crippen LogP contribution in [0.4, 0.5) is 8.78 Å². The molecule has 1 unspecified atom stereocenters. The fraction of sp³-hybridized carbons (Fsp3) is 0.478. The number of fused-ring (bicyclic) bond motifs is 1. The summed E-state index contributed by atoms with van der Waals surface area (Å²) in [4.78, 5) is 22.3. The molecule has 1 aliphatic heterocycles. The molecule has 9 heteroatoms. The van der Waals surface area contributed by atoms with Crippen LogP contribution in [0.2, 0.25) is 0 Å². The Balaban J connectivity index is 1.74. The van der Waals surface area contributed by atoms with Crippen LogP contribution in [-0.4, -0.2) is 25.6 Å². The molecule has 32 heavy (non-hydrogen) atoms. The van der Waals surface area contributed by atoms with Gasteiger partial charge in [-0.25, -0.2) is 13.8 Å². The van der Waals surface area contributed by atoms with Gasteiger partial charge in [-0.2, -0.15) is 4.98 Å². The average Bonchev–Trinajstić information content (AvgIpc) is 3.22. The number of halogens is 2. The SMILES string of the molecule is Cc1noc(C(NC(=O)c2nc(-c3ccc(F)c(F)c3)n3c2CCCCC3)C(C)(C)C)n1. The molecule has 0 bridgehead atoms. The molecule has 1 aromatic carbocycles. The maximum Gasteiger partial charge on any atom is 0.272 e. The summed E-state index contributed by atoms with van der Waals surface area (Å²) in [6.45, 7) is 8.29. The van der Waals surface area contributed by atoms with E-state index >= 15 is 0 Å². The number of nitrogens with zero attached hydrogens (tertiary/aromatic N) is 4. The second kappa shape index (κ2) is 8.44. The quantitative estimate of drug-likeness (QED) is 0.628. The Morgan fingerprint density at radius 3 is 2.59 bits per heavy atom. The molecule has 1 amide bonds. The Kier molecular flexibility index (Phi) is 5.83. The molecule has 1 aliphatic rings. The minimum absolute atomic E-state index is 0.289. The Bertz CT molecular complexity index is 1150. The molecule has 7 nitrogen and oxygen atoms in total. The van der Waals surface area contributed by atoms with Crippen LogP contribution in [0.25, 0.3) is 11.4 Å². The minimum Gasteiger partial charge on any atom is -0.338 e. The zero-order valence-corrected chi connectivity index (χ0v) is 18.7. The summed E-state index contributed by atoms with van der Waals surface area (Å²) in [5, 5.41) is 6.86. The van der Waals surface area contributed by atoms with Crippen molar-refractivity contribution in [1.82, 2.24) is 25.0 Å². The number of hydrogen-bond donors (Lipinski definition) is 1. The lowest BCUT2D eigenvalue weighted by Gasteiger charge is -2.28. The van der Waals surface area contributed by atoms with Crippen molar-refractivity contribution in [1.29, 1.82) is 0 Å². The van der Waals surface area contributed by atoms with Crippen molar-refractivity contribution in [3.63, 3.8) is 0 Å². The van der Waals surface area contributed by atoms with Gasteiger partial charge in [0, 0.05) is 12.1 Å². The molecule has 0 saturated heterocycles. The van der Waals surface area contributed by atoms with Crippen LogP contribution in [0.1, 0.15) is 74.0 Å². The molecular weight excluding hydrogens is 416 g/mol. The number of amides is 1. The third-order valence-corrected chi connectivity index (χ3v) is 5.69. The average molecular weight is 443 g/mol. The molecule has 0 saturated carbocycles. The molecule has 4 rings (SSSR count). The van der Waals surface area contributed by atoms with Crippen molar-refractivity contribution < 1.29 is 18.1 Å². The lowest BCUT2D eigenvalue weighted by molar-refractivity contribution is 0.0875. The predicted octanol–water partition coefficient (Wildman–Crippen LogP) is 4.76. The summed E-state index contributed by atoms with van der Waals surface area (Å²) in [6.07, 6.45) is 3.55. The highest BCUT2D eigenvalue weighted by atomic mass is 19.2. The Labute approximate surface area is 185 Å². The first-order valence-electron chi connectivity index (χ1n) is 10.8. The molecule has 170 valence electrons. The lowest BCUT2D eigenvalue weighted by atomic mass is 9.86. The van der Waals surface area contributed by atoms with Gasteiger partial charge >= 0.3 is 0 Å². The van der Waals surface area contributed by atoms with Gasteiger partial charge in [0.05, 0.1) is 5.69 Å². The molecule has 0 spiro atoms. The van der Waals surface area contributed by atoms with Gasteiger partial charge in [0.25, 0.3) is 5.91 Å². The number of hydrogen-bond acceptors (Lipinski definition) is 5. The van der Waals surface area contributed by atoms with Crippen LogP contribution in [0.3, 0.4) is 0 Å². The summed E-state index contributed by atoms with van der Waals surface area (Å²) in [7, 11) is 0. The Hall–Kier alpha value is -3.10. The fourth-order valence-electron chi connectivity index (χ4n) is 4.04. The summed E-state index contributed by atoms with van der Waals surface area (Å²) >= 11 is 0. The molecule has 1 N–H and O–H groups in total. The van der Waals surface area contributed by atoms with Crippen molar-refractivity contribution in [2.45, 2.75) is 66.0 Å². The maximum absolute atomic E-state index is 13.9. The summed E-state index contributed by atoms with van der Waals surface area (Å²) in [5.41, 5.74) is 1.13. The van der Waals surface area contributed by atoms with Crippen molar-refractivity contribution in [2.75, 3.05) is 0 Å². The van der Waals surface area contributed by atoms with Gasteiger partial charge < -0.3 is 14.4 Å². The highest BCUT2D eigenvalue weighted by molar-refractivity contribution is 5.94. The standard InChI is InChI=1S/C23H27F2N5O2/c1-13-26-22(32-29-13)19(23(2,3)4)28-21(31)18-17-8-6-5-7-11-30(17)20(27-18)14-9-10-15(24)16(25)12-14/h9-10,12,19H,5-8,11H2,1-4H3,(H,28,31). The van der Waals surface area contributed by atoms with E-state index in [-0.39, 0.29) is 11.6 Å². The molecular formula is C23H27F2N5O2. The van der Waals surface area contributed by atoms with Gasteiger partial charge in [0.15, 0.2) is 17.5 Å². The van der Waals surface area contributed by atoms with Crippen molar-refractivity contribution >= 4 is 5.91 Å². The third kappa shape index (κ3) is 4.28. The smallest absolute Gasteiger partial charge is 0.272 e. The number of carbonyl (C=O) groups is 1. The third-order valence-electron chi connectivity index (χ3n) is 5.69. The van der Waals surface area contributed by atoms with E-state index in [1.54, 1.807) is 6.92 Å². The Morgan fingerprint density at radius 1 is 1.16 bits per heavy atom. The van der Waals surface area contributed by atoms with Crippen LogP contribution < -0.4 is 5.32 Å². The number of carbonyl (C=O) groups excluding carboxylic acids is 1. The van der Waals surface area contributed by atoms with Crippen molar-refractivity contribution in [2.24, 2.45) is 5.41 Å². The first kappa shape index (κ1) is 22.1. The molecule has 0 aliphatic carbocycles. The summed E-state index contributed by atoms with van der Waals surface area (Å²) < 4.78 is 34.7.